The number of hydrogen-bond donors (Lipinski definition) is 2. The number of carboxylic acids is 1. The number of aliphatic carboxylic acids is 1. The number of carbonyl (C=O) groups is 3. The second kappa shape index (κ2) is 9.62. The maximum Gasteiger partial charge on any atom is 0.407 e. The number of alkyl carbamates (subject to hydrolysis) is 1. The summed E-state index contributed by atoms with van der Waals surface area (Å²) in [5, 5.41) is 11.9. The van der Waals surface area contributed by atoms with E-state index >= 15 is 0 Å². The molecule has 174 valence electrons. The van der Waals surface area contributed by atoms with Crippen LogP contribution in [0.4, 0.5) is 4.79 Å². The Balaban J connectivity index is 1.44. The van der Waals surface area contributed by atoms with E-state index in [4.69, 9.17) is 4.74 Å². The summed E-state index contributed by atoms with van der Waals surface area (Å²) in [6.07, 6.45) is 0.861. The van der Waals surface area contributed by atoms with Gasteiger partial charge in [-0.05, 0) is 49.2 Å². The lowest BCUT2D eigenvalue weighted by Gasteiger charge is -2.28. The van der Waals surface area contributed by atoms with Crippen LogP contribution in [-0.2, 0) is 14.3 Å². The summed E-state index contributed by atoms with van der Waals surface area (Å²) >= 11 is 0. The van der Waals surface area contributed by atoms with Crippen LogP contribution in [0.25, 0.3) is 11.1 Å². The first kappa shape index (κ1) is 22.8. The van der Waals surface area contributed by atoms with E-state index in [1.54, 1.807) is 19.0 Å². The fraction of sp³-hybridized carbons (Fsp3) is 0.400. The number of nitrogens with zero attached hydrogens (tertiary/aromatic N) is 2. The van der Waals surface area contributed by atoms with Gasteiger partial charge in [-0.2, -0.15) is 0 Å². The summed E-state index contributed by atoms with van der Waals surface area (Å²) in [6.45, 7) is 0.00979. The minimum Gasteiger partial charge on any atom is -0.480 e. The van der Waals surface area contributed by atoms with Gasteiger partial charge in [0.2, 0.25) is 5.91 Å². The summed E-state index contributed by atoms with van der Waals surface area (Å²) in [6, 6.07) is 15.2. The van der Waals surface area contributed by atoms with E-state index in [2.05, 4.69) is 17.4 Å². The molecule has 0 spiro atoms. The van der Waals surface area contributed by atoms with Crippen LogP contribution in [0.1, 0.15) is 29.9 Å². The van der Waals surface area contributed by atoms with E-state index < -0.39 is 24.0 Å². The van der Waals surface area contributed by atoms with Gasteiger partial charge in [0.25, 0.3) is 0 Å². The molecule has 0 saturated heterocycles. The molecule has 2 aliphatic rings. The van der Waals surface area contributed by atoms with E-state index in [0.717, 1.165) is 35.1 Å². The van der Waals surface area contributed by atoms with E-state index in [1.807, 2.05) is 36.4 Å². The van der Waals surface area contributed by atoms with Crippen molar-refractivity contribution in [3.8, 4) is 11.1 Å². The topological polar surface area (TPSA) is 99.2 Å². The molecule has 1 unspecified atom stereocenters. The number of fused-ring (bicyclic) bond motifs is 3. The lowest BCUT2D eigenvalue weighted by molar-refractivity contribution is -0.145. The van der Waals surface area contributed by atoms with E-state index in [-0.39, 0.29) is 31.7 Å². The highest BCUT2D eigenvalue weighted by atomic mass is 16.5. The van der Waals surface area contributed by atoms with Gasteiger partial charge in [0.15, 0.2) is 0 Å². The van der Waals surface area contributed by atoms with Crippen molar-refractivity contribution in [2.24, 2.45) is 0 Å². The third kappa shape index (κ3) is 5.17. The Kier molecular flexibility index (Phi) is 6.65. The number of nitrogens with one attached hydrogen (secondary N) is 1. The Labute approximate surface area is 193 Å². The first-order valence-electron chi connectivity index (χ1n) is 11.1. The van der Waals surface area contributed by atoms with Crippen molar-refractivity contribution in [1.29, 1.82) is 0 Å². The molecule has 4 rings (SSSR count). The average Bonchev–Trinajstić information content (AvgIpc) is 3.57. The molecule has 0 bridgehead atoms. The quantitative estimate of drug-likeness (QED) is 0.608. The highest BCUT2D eigenvalue weighted by molar-refractivity contribution is 5.89. The van der Waals surface area contributed by atoms with Crippen LogP contribution in [0.15, 0.2) is 48.5 Å². The van der Waals surface area contributed by atoms with Crippen molar-refractivity contribution in [3.63, 3.8) is 0 Å². The Hall–Kier alpha value is -3.39. The van der Waals surface area contributed by atoms with Gasteiger partial charge in [-0.3, -0.25) is 9.59 Å². The van der Waals surface area contributed by atoms with Crippen LogP contribution in [-0.4, -0.2) is 78.8 Å². The van der Waals surface area contributed by atoms with E-state index in [0.29, 0.717) is 0 Å². The van der Waals surface area contributed by atoms with Crippen molar-refractivity contribution in [2.45, 2.75) is 30.8 Å². The number of hydrogen-bond acceptors (Lipinski definition) is 5. The van der Waals surface area contributed by atoms with Crippen LogP contribution < -0.4 is 5.32 Å². The van der Waals surface area contributed by atoms with Gasteiger partial charge in [-0.1, -0.05) is 48.5 Å². The summed E-state index contributed by atoms with van der Waals surface area (Å²) in [5.41, 5.74) is 4.48. The highest BCUT2D eigenvalue weighted by Crippen LogP contribution is 2.44. The van der Waals surface area contributed by atoms with Gasteiger partial charge in [-0.15, -0.1) is 0 Å². The molecule has 0 heterocycles. The highest BCUT2D eigenvalue weighted by Gasteiger charge is 2.38. The molecule has 33 heavy (non-hydrogen) atoms. The third-order valence-electron chi connectivity index (χ3n) is 6.06. The number of likely N-dealkylation sites (N-methyl/N-ethyl adjacent to an activating group) is 1. The zero-order chi connectivity index (χ0) is 23.5. The normalized spacial score (nSPS) is 15.5. The number of amides is 2. The summed E-state index contributed by atoms with van der Waals surface area (Å²) in [4.78, 5) is 40.2. The zero-order valence-corrected chi connectivity index (χ0v) is 18.9. The minimum atomic E-state index is -1.07. The van der Waals surface area contributed by atoms with Crippen LogP contribution in [0.2, 0.25) is 0 Å². The Morgan fingerprint density at radius 2 is 1.61 bits per heavy atom. The fourth-order valence-corrected chi connectivity index (χ4v) is 4.45. The second-order valence-electron chi connectivity index (χ2n) is 8.88. The molecule has 0 aromatic heterocycles. The summed E-state index contributed by atoms with van der Waals surface area (Å²) in [5.74, 6) is -1.55. The molecule has 2 amide bonds. The van der Waals surface area contributed by atoms with Crippen molar-refractivity contribution >= 4 is 18.0 Å². The van der Waals surface area contributed by atoms with Crippen molar-refractivity contribution in [1.82, 2.24) is 15.1 Å². The fourth-order valence-electron chi connectivity index (χ4n) is 4.45. The average molecular weight is 452 g/mol. The van der Waals surface area contributed by atoms with Gasteiger partial charge in [0.1, 0.15) is 19.2 Å². The monoisotopic (exact) mass is 451 g/mol. The SMILES string of the molecule is CN(C)CC(NC(=O)OCC1c2ccccc2-c2ccccc21)C(=O)N(CC(=O)O)C1CC1. The minimum absolute atomic E-state index is 0.0809. The number of carbonyl (C=O) groups excluding carboxylic acids is 2. The molecule has 0 radical (unpaired) electrons. The maximum atomic E-state index is 13.1. The molecule has 8 nitrogen and oxygen atoms in total. The predicted octanol–water partition coefficient (Wildman–Crippen LogP) is 2.53. The molecule has 1 atom stereocenters. The molecule has 1 saturated carbocycles. The molecule has 2 aromatic rings. The van der Waals surface area contributed by atoms with Crippen LogP contribution in [0, 0.1) is 0 Å². The first-order valence-corrected chi connectivity index (χ1v) is 11.1. The zero-order valence-electron chi connectivity index (χ0n) is 18.9. The van der Waals surface area contributed by atoms with Crippen LogP contribution >= 0.6 is 0 Å². The first-order chi connectivity index (χ1) is 15.8. The van der Waals surface area contributed by atoms with Crippen molar-refractivity contribution < 1.29 is 24.2 Å². The molecule has 1 fully saturated rings. The smallest absolute Gasteiger partial charge is 0.407 e. The van der Waals surface area contributed by atoms with Gasteiger partial charge in [0.05, 0.1) is 0 Å². The van der Waals surface area contributed by atoms with Crippen LogP contribution in [0.3, 0.4) is 0 Å². The van der Waals surface area contributed by atoms with Gasteiger partial charge < -0.3 is 25.0 Å². The van der Waals surface area contributed by atoms with Crippen molar-refractivity contribution in [3.05, 3.63) is 59.7 Å². The van der Waals surface area contributed by atoms with Crippen molar-refractivity contribution in [2.75, 3.05) is 33.8 Å². The molecule has 2 N–H and O–H groups in total. The largest absolute Gasteiger partial charge is 0.480 e. The van der Waals surface area contributed by atoms with Crippen LogP contribution in [0.5, 0.6) is 0 Å². The molecular weight excluding hydrogens is 422 g/mol. The third-order valence-corrected chi connectivity index (χ3v) is 6.06. The van der Waals surface area contributed by atoms with E-state index in [9.17, 15) is 19.5 Å². The van der Waals surface area contributed by atoms with Gasteiger partial charge >= 0.3 is 12.1 Å². The summed E-state index contributed by atoms with van der Waals surface area (Å²) < 4.78 is 5.58. The lowest BCUT2D eigenvalue weighted by atomic mass is 9.98. The molecule has 2 aliphatic carbocycles. The predicted molar refractivity (Wildman–Crippen MR) is 123 cm³/mol. The summed E-state index contributed by atoms with van der Waals surface area (Å²) in [7, 11) is 3.58. The Bertz CT molecular complexity index is 1000. The molecule has 0 aliphatic heterocycles. The lowest BCUT2D eigenvalue weighted by Crippen LogP contribution is -2.54. The number of ether oxygens (including phenoxy) is 1. The number of carboxylic acid groups (broad SMARTS) is 1. The number of rotatable bonds is 9. The van der Waals surface area contributed by atoms with Gasteiger partial charge in [-0.25, -0.2) is 4.79 Å². The number of benzene rings is 2. The Morgan fingerprint density at radius 3 is 2.12 bits per heavy atom. The second-order valence-corrected chi connectivity index (χ2v) is 8.88. The Morgan fingerprint density at radius 1 is 1.03 bits per heavy atom. The van der Waals surface area contributed by atoms with Gasteiger partial charge in [0, 0.05) is 18.5 Å². The van der Waals surface area contributed by atoms with E-state index in [1.165, 1.54) is 4.90 Å². The molecule has 8 heteroatoms. The maximum absolute atomic E-state index is 13.1. The molecular formula is C25H29N3O5. The standard InChI is InChI=1S/C25H29N3O5/c1-27(2)13-22(24(31)28(14-23(29)30)16-11-12-16)26-25(32)33-15-21-19-9-5-3-7-17(19)18-8-4-6-10-20(18)21/h3-10,16,21-22H,11-15H2,1-2H3,(H,26,32)(H,29,30). The molecule has 2 aromatic carbocycles.